The second-order valence-electron chi connectivity index (χ2n) is 9.08. The van der Waals surface area contributed by atoms with E-state index in [4.69, 9.17) is 25.8 Å². The molecule has 0 saturated heterocycles. The number of unbranched alkanes of at least 4 members (excludes halogenated alkanes) is 1. The largest absolute Gasteiger partial charge is 0.497 e. The molecular formula is C31H30ClNO6. The molecule has 0 fully saturated rings. The molecule has 0 unspecified atom stereocenters. The van der Waals surface area contributed by atoms with Crippen molar-refractivity contribution in [1.82, 2.24) is 4.57 Å². The van der Waals surface area contributed by atoms with Crippen LogP contribution in [-0.2, 0) is 16.0 Å². The summed E-state index contributed by atoms with van der Waals surface area (Å²) >= 11 is 5.99. The van der Waals surface area contributed by atoms with Gasteiger partial charge in [-0.1, -0.05) is 24.9 Å². The van der Waals surface area contributed by atoms with Crippen molar-refractivity contribution in [2.75, 3.05) is 20.3 Å². The van der Waals surface area contributed by atoms with E-state index in [1.54, 1.807) is 85.3 Å². The summed E-state index contributed by atoms with van der Waals surface area (Å²) in [5.74, 6) is 0.128. The molecule has 0 N–H and O–H groups in total. The van der Waals surface area contributed by atoms with E-state index in [-0.39, 0.29) is 24.7 Å². The number of benzene rings is 3. The Bertz CT molecular complexity index is 1490. The number of fused-ring (bicyclic) bond motifs is 1. The van der Waals surface area contributed by atoms with Gasteiger partial charge in [-0.2, -0.15) is 0 Å². The first-order chi connectivity index (χ1) is 18.8. The van der Waals surface area contributed by atoms with E-state index >= 15 is 0 Å². The molecule has 8 heteroatoms. The van der Waals surface area contributed by atoms with E-state index in [9.17, 15) is 14.4 Å². The highest BCUT2D eigenvalue weighted by Crippen LogP contribution is 2.31. The molecule has 4 aromatic rings. The van der Waals surface area contributed by atoms with Crippen LogP contribution in [0, 0.1) is 6.92 Å². The number of halogens is 1. The molecule has 7 nitrogen and oxygen atoms in total. The number of methoxy groups -OCH3 is 1. The molecule has 0 aliphatic heterocycles. The van der Waals surface area contributed by atoms with Crippen molar-refractivity contribution in [1.29, 1.82) is 0 Å². The van der Waals surface area contributed by atoms with E-state index in [1.807, 2.05) is 0 Å². The number of carbonyl (C=O) groups excluding carboxylic acids is 3. The first kappa shape index (κ1) is 27.9. The van der Waals surface area contributed by atoms with Gasteiger partial charge in [0.25, 0.3) is 5.91 Å². The lowest BCUT2D eigenvalue weighted by atomic mass is 10.1. The molecule has 0 spiro atoms. The zero-order valence-corrected chi connectivity index (χ0v) is 22.9. The third kappa shape index (κ3) is 6.49. The summed E-state index contributed by atoms with van der Waals surface area (Å²) in [7, 11) is 1.55. The van der Waals surface area contributed by atoms with Gasteiger partial charge in [0.15, 0.2) is 12.4 Å². The SMILES string of the molecule is CCCCOc1ccc(C(=O)COC(=O)Cc2c(C)n(C(=O)c3ccc(Cl)cc3)c3ccc(OC)cc23)cc1. The van der Waals surface area contributed by atoms with Crippen LogP contribution < -0.4 is 9.47 Å². The van der Waals surface area contributed by atoms with Crippen molar-refractivity contribution in [3.8, 4) is 11.5 Å². The normalized spacial score (nSPS) is 10.9. The van der Waals surface area contributed by atoms with Crippen molar-refractivity contribution in [3.63, 3.8) is 0 Å². The molecule has 0 aliphatic carbocycles. The molecule has 0 saturated carbocycles. The van der Waals surface area contributed by atoms with Crippen LogP contribution >= 0.6 is 11.6 Å². The molecule has 39 heavy (non-hydrogen) atoms. The number of carbonyl (C=O) groups is 3. The van der Waals surface area contributed by atoms with Crippen LogP contribution in [0.3, 0.4) is 0 Å². The highest BCUT2D eigenvalue weighted by atomic mass is 35.5. The Morgan fingerprint density at radius 3 is 2.23 bits per heavy atom. The third-order valence-corrected chi connectivity index (χ3v) is 6.72. The summed E-state index contributed by atoms with van der Waals surface area (Å²) < 4.78 is 17.9. The maximum absolute atomic E-state index is 13.4. The maximum atomic E-state index is 13.4. The average molecular weight is 548 g/mol. The molecule has 0 aliphatic rings. The summed E-state index contributed by atoms with van der Waals surface area (Å²) in [4.78, 5) is 38.9. The molecule has 1 heterocycles. The number of rotatable bonds is 11. The van der Waals surface area contributed by atoms with E-state index in [2.05, 4.69) is 6.92 Å². The van der Waals surface area contributed by atoms with Gasteiger partial charge in [-0.25, -0.2) is 0 Å². The molecule has 0 radical (unpaired) electrons. The molecule has 4 rings (SSSR count). The Morgan fingerprint density at radius 2 is 1.56 bits per heavy atom. The zero-order valence-electron chi connectivity index (χ0n) is 22.2. The van der Waals surface area contributed by atoms with Gasteiger partial charge in [0.1, 0.15) is 11.5 Å². The number of ketones is 1. The second-order valence-corrected chi connectivity index (χ2v) is 9.52. The van der Waals surface area contributed by atoms with Crippen LogP contribution in [0.2, 0.25) is 5.02 Å². The fourth-order valence-corrected chi connectivity index (χ4v) is 4.42. The van der Waals surface area contributed by atoms with Crippen LogP contribution in [0.15, 0.2) is 66.7 Å². The Morgan fingerprint density at radius 1 is 0.897 bits per heavy atom. The van der Waals surface area contributed by atoms with Gasteiger partial charge in [0, 0.05) is 27.2 Å². The van der Waals surface area contributed by atoms with Gasteiger partial charge in [-0.15, -0.1) is 0 Å². The van der Waals surface area contributed by atoms with Crippen molar-refractivity contribution >= 4 is 40.2 Å². The number of hydrogen-bond acceptors (Lipinski definition) is 6. The van der Waals surface area contributed by atoms with E-state index in [0.29, 0.717) is 56.4 Å². The van der Waals surface area contributed by atoms with Crippen molar-refractivity contribution < 1.29 is 28.6 Å². The molecular weight excluding hydrogens is 518 g/mol. The molecule has 202 valence electrons. The monoisotopic (exact) mass is 547 g/mol. The van der Waals surface area contributed by atoms with Gasteiger partial charge in [0.2, 0.25) is 0 Å². The lowest BCUT2D eigenvalue weighted by Crippen LogP contribution is -2.17. The third-order valence-electron chi connectivity index (χ3n) is 6.46. The van der Waals surface area contributed by atoms with Crippen LogP contribution in [0.5, 0.6) is 11.5 Å². The Labute approximate surface area is 232 Å². The number of esters is 1. The summed E-state index contributed by atoms with van der Waals surface area (Å²) in [6.45, 7) is 4.09. The minimum absolute atomic E-state index is 0.117. The highest BCUT2D eigenvalue weighted by Gasteiger charge is 2.23. The molecule has 0 atom stereocenters. The van der Waals surface area contributed by atoms with Gasteiger partial charge in [-0.05, 0) is 85.6 Å². The average Bonchev–Trinajstić information content (AvgIpc) is 3.22. The van der Waals surface area contributed by atoms with Gasteiger partial charge < -0.3 is 14.2 Å². The van der Waals surface area contributed by atoms with Crippen LogP contribution in [0.4, 0.5) is 0 Å². The lowest BCUT2D eigenvalue weighted by Gasteiger charge is -2.08. The molecule has 3 aromatic carbocycles. The Balaban J connectivity index is 1.51. The Kier molecular flexibility index (Phi) is 9.04. The van der Waals surface area contributed by atoms with Crippen molar-refractivity contribution in [3.05, 3.63) is 94.1 Å². The van der Waals surface area contributed by atoms with Crippen molar-refractivity contribution in [2.45, 2.75) is 33.1 Å². The quantitative estimate of drug-likeness (QED) is 0.122. The van der Waals surface area contributed by atoms with E-state index in [0.717, 1.165) is 12.8 Å². The summed E-state index contributed by atoms with van der Waals surface area (Å²) in [6, 6.07) is 18.7. The van der Waals surface area contributed by atoms with Gasteiger partial charge in [0.05, 0.1) is 25.7 Å². The predicted octanol–water partition coefficient (Wildman–Crippen LogP) is 6.45. The Hall–Kier alpha value is -4.10. The first-order valence-corrected chi connectivity index (χ1v) is 13.1. The van der Waals surface area contributed by atoms with E-state index in [1.165, 1.54) is 0 Å². The number of nitrogens with zero attached hydrogens (tertiary/aromatic N) is 1. The highest BCUT2D eigenvalue weighted by molar-refractivity contribution is 6.30. The fourth-order valence-electron chi connectivity index (χ4n) is 4.29. The summed E-state index contributed by atoms with van der Waals surface area (Å²) in [5.41, 5.74) is 2.74. The lowest BCUT2D eigenvalue weighted by molar-refractivity contribution is -0.141. The summed E-state index contributed by atoms with van der Waals surface area (Å²) in [5, 5.41) is 1.22. The standard InChI is InChI=1S/C31H30ClNO6/c1-4-5-16-38-24-12-8-21(9-13-24)29(34)19-39-30(35)18-26-20(2)33(28-15-14-25(37-3)17-27(26)28)31(36)22-6-10-23(32)11-7-22/h6-15,17H,4-5,16,18-19H2,1-3H3. The smallest absolute Gasteiger partial charge is 0.310 e. The molecule has 0 bridgehead atoms. The predicted molar refractivity (Wildman–Crippen MR) is 150 cm³/mol. The minimum Gasteiger partial charge on any atom is -0.497 e. The van der Waals surface area contributed by atoms with Crippen molar-refractivity contribution in [2.24, 2.45) is 0 Å². The second kappa shape index (κ2) is 12.6. The van der Waals surface area contributed by atoms with Gasteiger partial charge >= 0.3 is 5.97 Å². The summed E-state index contributed by atoms with van der Waals surface area (Å²) in [6.07, 6.45) is 1.87. The number of hydrogen-bond donors (Lipinski definition) is 0. The maximum Gasteiger partial charge on any atom is 0.310 e. The number of aromatic nitrogens is 1. The van der Waals surface area contributed by atoms with Gasteiger partial charge in [-0.3, -0.25) is 19.0 Å². The number of Topliss-reactive ketones (excluding diaryl/α,β-unsaturated/α-hetero) is 1. The topological polar surface area (TPSA) is 83.8 Å². The molecule has 0 amide bonds. The first-order valence-electron chi connectivity index (χ1n) is 12.7. The molecule has 1 aromatic heterocycles. The minimum atomic E-state index is -0.577. The van der Waals surface area contributed by atoms with Crippen LogP contribution in [-0.4, -0.2) is 42.6 Å². The van der Waals surface area contributed by atoms with Crippen LogP contribution in [0.25, 0.3) is 10.9 Å². The van der Waals surface area contributed by atoms with E-state index < -0.39 is 5.97 Å². The zero-order chi connectivity index (χ0) is 27.9. The number of ether oxygens (including phenoxy) is 3. The fraction of sp³-hybridized carbons (Fsp3) is 0.258. The van der Waals surface area contributed by atoms with Crippen LogP contribution in [0.1, 0.15) is 51.7 Å².